The highest BCUT2D eigenvalue weighted by Crippen LogP contribution is 2.27. The minimum Gasteiger partial charge on any atom is -0.389 e. The number of ether oxygens (including phenoxy) is 1. The van der Waals surface area contributed by atoms with Crippen molar-refractivity contribution < 1.29 is 19.0 Å². The quantitative estimate of drug-likeness (QED) is 0.698. The Labute approximate surface area is 182 Å². The number of anilines is 1. The Morgan fingerprint density at radius 3 is 2.52 bits per heavy atom. The van der Waals surface area contributed by atoms with Gasteiger partial charge in [-0.05, 0) is 24.1 Å². The maximum Gasteiger partial charge on any atom is 0.241 e. The zero-order valence-electron chi connectivity index (χ0n) is 17.8. The van der Waals surface area contributed by atoms with Gasteiger partial charge in [-0.25, -0.2) is 4.39 Å². The van der Waals surface area contributed by atoms with Crippen molar-refractivity contribution >= 4 is 11.6 Å². The van der Waals surface area contributed by atoms with Gasteiger partial charge in [-0.15, -0.1) is 0 Å². The number of benzene rings is 2. The molecule has 2 heterocycles. The van der Waals surface area contributed by atoms with Crippen LogP contribution in [-0.2, 0) is 22.6 Å². The standard InChI is InChI=1S/C24H30FN3O3/c25-22-7-3-1-6-20(22)17-31-18-21(29)15-26-11-13-27(14-12-26)16-24(30)28-10-9-19-5-2-4-8-23(19)28/h1-8,21,29H,9-18H2. The third-order valence-electron chi connectivity index (χ3n) is 6.01. The van der Waals surface area contributed by atoms with Gasteiger partial charge in [-0.3, -0.25) is 14.6 Å². The number of carbonyl (C=O) groups excluding carboxylic acids is 1. The van der Waals surface area contributed by atoms with Crippen molar-refractivity contribution in [3.05, 3.63) is 65.5 Å². The van der Waals surface area contributed by atoms with Gasteiger partial charge in [0.15, 0.2) is 0 Å². The van der Waals surface area contributed by atoms with E-state index >= 15 is 0 Å². The Kier molecular flexibility index (Phi) is 7.29. The van der Waals surface area contributed by atoms with Gasteiger partial charge in [0.25, 0.3) is 0 Å². The molecule has 4 rings (SSSR count). The Hall–Kier alpha value is -2.32. The molecule has 0 bridgehead atoms. The first-order chi connectivity index (χ1) is 15.1. The molecule has 0 radical (unpaired) electrons. The first-order valence-corrected chi connectivity index (χ1v) is 10.9. The van der Waals surface area contributed by atoms with E-state index in [1.165, 1.54) is 11.6 Å². The van der Waals surface area contributed by atoms with E-state index in [2.05, 4.69) is 15.9 Å². The summed E-state index contributed by atoms with van der Waals surface area (Å²) in [6, 6.07) is 14.6. The molecule has 2 aliphatic rings. The fourth-order valence-corrected chi connectivity index (χ4v) is 4.28. The smallest absolute Gasteiger partial charge is 0.241 e. The van der Waals surface area contributed by atoms with Gasteiger partial charge < -0.3 is 14.7 Å². The van der Waals surface area contributed by atoms with E-state index in [0.717, 1.165) is 44.8 Å². The van der Waals surface area contributed by atoms with E-state index in [1.807, 2.05) is 23.1 Å². The number of aliphatic hydroxyl groups is 1. The maximum absolute atomic E-state index is 13.6. The van der Waals surface area contributed by atoms with Gasteiger partial charge in [-0.2, -0.15) is 0 Å². The highest BCUT2D eigenvalue weighted by atomic mass is 19.1. The topological polar surface area (TPSA) is 56.3 Å². The SMILES string of the molecule is O=C(CN1CCN(CC(O)COCc2ccccc2F)CC1)N1CCc2ccccc21. The van der Waals surface area contributed by atoms with E-state index in [1.54, 1.807) is 18.2 Å². The van der Waals surface area contributed by atoms with E-state index in [9.17, 15) is 14.3 Å². The fourth-order valence-electron chi connectivity index (χ4n) is 4.28. The molecule has 1 amide bonds. The van der Waals surface area contributed by atoms with Gasteiger partial charge in [-0.1, -0.05) is 36.4 Å². The number of carbonyl (C=O) groups is 1. The minimum atomic E-state index is -0.624. The summed E-state index contributed by atoms with van der Waals surface area (Å²) in [5, 5.41) is 10.3. The summed E-state index contributed by atoms with van der Waals surface area (Å²) < 4.78 is 19.1. The summed E-state index contributed by atoms with van der Waals surface area (Å²) in [5.41, 5.74) is 2.78. The second-order valence-corrected chi connectivity index (χ2v) is 8.26. The molecule has 7 heteroatoms. The number of hydrogen-bond donors (Lipinski definition) is 1. The Balaban J connectivity index is 1.15. The number of para-hydroxylation sites is 1. The number of halogens is 1. The molecule has 6 nitrogen and oxygen atoms in total. The average molecular weight is 428 g/mol. The molecule has 0 aromatic heterocycles. The number of piperazine rings is 1. The molecule has 1 N–H and O–H groups in total. The van der Waals surface area contributed by atoms with Crippen molar-refractivity contribution in [2.24, 2.45) is 0 Å². The van der Waals surface area contributed by atoms with Crippen LogP contribution in [0.3, 0.4) is 0 Å². The summed E-state index contributed by atoms with van der Waals surface area (Å²) in [4.78, 5) is 19.0. The van der Waals surface area contributed by atoms with Crippen LogP contribution in [0.5, 0.6) is 0 Å². The van der Waals surface area contributed by atoms with Crippen LogP contribution in [0, 0.1) is 5.82 Å². The lowest BCUT2D eigenvalue weighted by Crippen LogP contribution is -2.51. The second kappa shape index (κ2) is 10.3. The first-order valence-electron chi connectivity index (χ1n) is 10.9. The Morgan fingerprint density at radius 2 is 1.71 bits per heavy atom. The lowest BCUT2D eigenvalue weighted by Gasteiger charge is -2.35. The molecular formula is C24H30FN3O3. The van der Waals surface area contributed by atoms with Crippen LogP contribution in [0.1, 0.15) is 11.1 Å². The highest BCUT2D eigenvalue weighted by molar-refractivity contribution is 5.96. The van der Waals surface area contributed by atoms with E-state index < -0.39 is 6.10 Å². The van der Waals surface area contributed by atoms with Gasteiger partial charge in [0.1, 0.15) is 5.82 Å². The molecule has 2 aromatic rings. The van der Waals surface area contributed by atoms with Crippen LogP contribution in [0.25, 0.3) is 0 Å². The van der Waals surface area contributed by atoms with Crippen LogP contribution in [0.4, 0.5) is 10.1 Å². The highest BCUT2D eigenvalue weighted by Gasteiger charge is 2.27. The van der Waals surface area contributed by atoms with E-state index in [0.29, 0.717) is 18.7 Å². The zero-order chi connectivity index (χ0) is 21.6. The van der Waals surface area contributed by atoms with Gasteiger partial charge in [0.2, 0.25) is 5.91 Å². The third kappa shape index (κ3) is 5.68. The molecule has 166 valence electrons. The second-order valence-electron chi connectivity index (χ2n) is 8.26. The van der Waals surface area contributed by atoms with Gasteiger partial charge in [0.05, 0.1) is 25.9 Å². The third-order valence-corrected chi connectivity index (χ3v) is 6.01. The van der Waals surface area contributed by atoms with Crippen LogP contribution in [0.2, 0.25) is 0 Å². The Bertz CT molecular complexity index is 886. The van der Waals surface area contributed by atoms with Crippen molar-refractivity contribution in [3.8, 4) is 0 Å². The molecule has 0 spiro atoms. The number of hydrogen-bond acceptors (Lipinski definition) is 5. The maximum atomic E-state index is 13.6. The van der Waals surface area contributed by atoms with Crippen molar-refractivity contribution in [1.29, 1.82) is 0 Å². The van der Waals surface area contributed by atoms with Crippen LogP contribution in [-0.4, -0.2) is 79.3 Å². The van der Waals surface area contributed by atoms with Crippen LogP contribution < -0.4 is 4.90 Å². The van der Waals surface area contributed by atoms with E-state index in [-0.39, 0.29) is 24.9 Å². The normalized spacial score (nSPS) is 18.2. The molecular weight excluding hydrogens is 397 g/mol. The molecule has 0 saturated carbocycles. The average Bonchev–Trinajstić information content (AvgIpc) is 3.21. The summed E-state index contributed by atoms with van der Waals surface area (Å²) in [5.74, 6) is -0.139. The van der Waals surface area contributed by atoms with Crippen molar-refractivity contribution in [3.63, 3.8) is 0 Å². The molecule has 1 saturated heterocycles. The molecule has 2 aliphatic heterocycles. The Morgan fingerprint density at radius 1 is 1.00 bits per heavy atom. The molecule has 1 fully saturated rings. The predicted molar refractivity (Wildman–Crippen MR) is 117 cm³/mol. The number of rotatable bonds is 8. The monoisotopic (exact) mass is 427 g/mol. The number of nitrogens with zero attached hydrogens (tertiary/aromatic N) is 3. The van der Waals surface area contributed by atoms with Crippen molar-refractivity contribution in [1.82, 2.24) is 9.80 Å². The molecule has 31 heavy (non-hydrogen) atoms. The summed E-state index contributed by atoms with van der Waals surface area (Å²) in [7, 11) is 0. The van der Waals surface area contributed by atoms with Crippen LogP contribution in [0.15, 0.2) is 48.5 Å². The number of aliphatic hydroxyl groups excluding tert-OH is 1. The zero-order valence-corrected chi connectivity index (χ0v) is 17.8. The van der Waals surface area contributed by atoms with Crippen molar-refractivity contribution in [2.45, 2.75) is 19.1 Å². The van der Waals surface area contributed by atoms with Gasteiger partial charge >= 0.3 is 0 Å². The lowest BCUT2D eigenvalue weighted by atomic mass is 10.2. The van der Waals surface area contributed by atoms with E-state index in [4.69, 9.17) is 4.74 Å². The lowest BCUT2D eigenvalue weighted by molar-refractivity contribution is -0.120. The molecule has 2 aromatic carbocycles. The van der Waals surface area contributed by atoms with Crippen LogP contribution >= 0.6 is 0 Å². The predicted octanol–water partition coefficient (Wildman–Crippen LogP) is 1.91. The van der Waals surface area contributed by atoms with Crippen molar-refractivity contribution in [2.75, 3.05) is 57.3 Å². The largest absolute Gasteiger partial charge is 0.389 e. The molecule has 1 unspecified atom stereocenters. The molecule has 1 atom stereocenters. The molecule has 0 aliphatic carbocycles. The van der Waals surface area contributed by atoms with Gasteiger partial charge in [0, 0.05) is 50.5 Å². The number of β-amino-alcohol motifs (C(OH)–C–C–N with tert-alkyl or cyclic N) is 1. The summed E-state index contributed by atoms with van der Waals surface area (Å²) in [6.07, 6.45) is 0.299. The summed E-state index contributed by atoms with van der Waals surface area (Å²) in [6.45, 7) is 5.21. The number of fused-ring (bicyclic) bond motifs is 1. The minimum absolute atomic E-state index is 0.152. The summed E-state index contributed by atoms with van der Waals surface area (Å²) >= 11 is 0. The first kappa shape index (κ1) is 21.9. The number of amides is 1. The fraction of sp³-hybridized carbons (Fsp3) is 0.458.